The van der Waals surface area contributed by atoms with Crippen molar-refractivity contribution in [2.24, 2.45) is 5.92 Å². The van der Waals surface area contributed by atoms with Crippen LogP contribution in [0.1, 0.15) is 29.5 Å². The zero-order valence-corrected chi connectivity index (χ0v) is 15.6. The summed E-state index contributed by atoms with van der Waals surface area (Å²) in [6.07, 6.45) is 6.53. The summed E-state index contributed by atoms with van der Waals surface area (Å²) >= 11 is 0. The van der Waals surface area contributed by atoms with E-state index in [0.29, 0.717) is 30.3 Å². The number of likely N-dealkylation sites (tertiary alicyclic amines) is 1. The van der Waals surface area contributed by atoms with Crippen LogP contribution in [-0.2, 0) is 6.42 Å². The van der Waals surface area contributed by atoms with Gasteiger partial charge in [-0.3, -0.25) is 15.1 Å². The summed E-state index contributed by atoms with van der Waals surface area (Å²) in [7, 11) is 0. The van der Waals surface area contributed by atoms with Crippen LogP contribution in [0.15, 0.2) is 36.7 Å². The zero-order chi connectivity index (χ0) is 19.4. The topological polar surface area (TPSA) is 88.4 Å². The molecule has 0 spiro atoms. The molecule has 7 nitrogen and oxygen atoms in total. The van der Waals surface area contributed by atoms with Crippen LogP contribution in [-0.4, -0.2) is 33.9 Å². The molecule has 1 fully saturated rings. The molecule has 0 bridgehead atoms. The molecule has 0 aliphatic carbocycles. The average molecular weight is 368 g/mol. The van der Waals surface area contributed by atoms with E-state index < -0.39 is 4.92 Å². The first-order chi connectivity index (χ1) is 13.0. The highest BCUT2D eigenvalue weighted by atomic mass is 16.6. The summed E-state index contributed by atoms with van der Waals surface area (Å²) in [4.78, 5) is 29.3. The maximum absolute atomic E-state index is 12.7. The summed E-state index contributed by atoms with van der Waals surface area (Å²) in [6, 6.07) is 6.98. The first-order valence-corrected chi connectivity index (χ1v) is 9.15. The lowest BCUT2D eigenvalue weighted by molar-refractivity contribution is -0.385. The molecule has 0 unspecified atom stereocenters. The van der Waals surface area contributed by atoms with Gasteiger partial charge in [0.1, 0.15) is 0 Å². The molecular formula is C20H24N4O3. The number of rotatable bonds is 4. The molecule has 1 saturated heterocycles. The van der Waals surface area contributed by atoms with Gasteiger partial charge in [-0.05, 0) is 56.2 Å². The quantitative estimate of drug-likeness (QED) is 0.650. The number of aryl methyl sites for hydroxylation is 1. The molecule has 0 radical (unpaired) electrons. The van der Waals surface area contributed by atoms with Gasteiger partial charge in [0.25, 0.3) is 5.69 Å². The third kappa shape index (κ3) is 4.42. The summed E-state index contributed by atoms with van der Waals surface area (Å²) in [5.74, 6) is 0.541. The van der Waals surface area contributed by atoms with Crippen LogP contribution in [0.2, 0.25) is 0 Å². The fourth-order valence-electron chi connectivity index (χ4n) is 3.60. The van der Waals surface area contributed by atoms with Crippen molar-refractivity contribution in [2.45, 2.75) is 33.1 Å². The maximum atomic E-state index is 12.7. The molecule has 142 valence electrons. The Balaban J connectivity index is 1.60. The second kappa shape index (κ2) is 8.16. The molecule has 2 amide bonds. The number of benzene rings is 1. The predicted octanol–water partition coefficient (Wildman–Crippen LogP) is 4.09. The molecule has 27 heavy (non-hydrogen) atoms. The molecule has 0 saturated carbocycles. The van der Waals surface area contributed by atoms with Crippen LogP contribution in [0.4, 0.5) is 16.2 Å². The van der Waals surface area contributed by atoms with E-state index in [1.807, 2.05) is 19.2 Å². The minimum Gasteiger partial charge on any atom is -0.325 e. The molecule has 3 rings (SSSR count). The highest BCUT2D eigenvalue weighted by molar-refractivity contribution is 5.91. The molecule has 1 aliphatic heterocycles. The van der Waals surface area contributed by atoms with E-state index in [1.165, 1.54) is 11.6 Å². The largest absolute Gasteiger partial charge is 0.325 e. The van der Waals surface area contributed by atoms with Gasteiger partial charge in [-0.25, -0.2) is 4.79 Å². The summed E-state index contributed by atoms with van der Waals surface area (Å²) in [5, 5.41) is 14.0. The van der Waals surface area contributed by atoms with Crippen LogP contribution in [0.3, 0.4) is 0 Å². The number of urea groups is 1. The standard InChI is InChI=1S/C20H24N4O3/c1-14-5-6-18(24(26)27)15(2)19(14)22-20(25)23-10-7-16(8-11-23)12-17-4-3-9-21-13-17/h3-6,9,13,16H,7-8,10-12H2,1-2H3,(H,22,25). The molecule has 1 aromatic heterocycles. The molecule has 2 heterocycles. The van der Waals surface area contributed by atoms with Crippen LogP contribution in [0, 0.1) is 29.9 Å². The van der Waals surface area contributed by atoms with Gasteiger partial charge in [0.2, 0.25) is 0 Å². The van der Waals surface area contributed by atoms with Crippen molar-refractivity contribution < 1.29 is 9.72 Å². The molecule has 1 N–H and O–H groups in total. The summed E-state index contributed by atoms with van der Waals surface area (Å²) < 4.78 is 0. The molecular weight excluding hydrogens is 344 g/mol. The fraction of sp³-hybridized carbons (Fsp3) is 0.400. The van der Waals surface area contributed by atoms with Crippen molar-refractivity contribution in [1.82, 2.24) is 9.88 Å². The SMILES string of the molecule is Cc1ccc([N+](=O)[O-])c(C)c1NC(=O)N1CCC(Cc2cccnc2)CC1. The minimum absolute atomic E-state index is 0.0195. The lowest BCUT2D eigenvalue weighted by atomic mass is 9.91. The number of nitrogens with zero attached hydrogens (tertiary/aromatic N) is 3. The lowest BCUT2D eigenvalue weighted by Gasteiger charge is -2.32. The van der Waals surface area contributed by atoms with E-state index in [2.05, 4.69) is 16.4 Å². The van der Waals surface area contributed by atoms with Gasteiger partial charge in [-0.15, -0.1) is 0 Å². The normalized spacial score (nSPS) is 14.8. The summed E-state index contributed by atoms with van der Waals surface area (Å²) in [5.41, 5.74) is 3.08. The number of nitro benzene ring substituents is 1. The Labute approximate surface area is 158 Å². The number of pyridine rings is 1. The Kier molecular flexibility index (Phi) is 5.69. The highest BCUT2D eigenvalue weighted by Gasteiger charge is 2.25. The van der Waals surface area contributed by atoms with E-state index >= 15 is 0 Å². The number of hydrogen-bond donors (Lipinski definition) is 1. The van der Waals surface area contributed by atoms with Crippen LogP contribution in [0.25, 0.3) is 0 Å². The van der Waals surface area contributed by atoms with Crippen LogP contribution in [0.5, 0.6) is 0 Å². The van der Waals surface area contributed by atoms with Crippen molar-refractivity contribution in [3.05, 3.63) is 63.5 Å². The van der Waals surface area contributed by atoms with E-state index in [9.17, 15) is 14.9 Å². The van der Waals surface area contributed by atoms with Crippen molar-refractivity contribution in [1.29, 1.82) is 0 Å². The van der Waals surface area contributed by atoms with Gasteiger partial charge in [-0.2, -0.15) is 0 Å². The maximum Gasteiger partial charge on any atom is 0.321 e. The number of nitrogens with one attached hydrogen (secondary N) is 1. The molecule has 2 aromatic rings. The average Bonchev–Trinajstić information content (AvgIpc) is 2.66. The number of hydrogen-bond acceptors (Lipinski definition) is 4. The van der Waals surface area contributed by atoms with Gasteiger partial charge in [0.05, 0.1) is 16.2 Å². The number of nitro groups is 1. The Hall–Kier alpha value is -2.96. The summed E-state index contributed by atoms with van der Waals surface area (Å²) in [6.45, 7) is 4.88. The molecule has 0 atom stereocenters. The number of anilines is 1. The lowest BCUT2D eigenvalue weighted by Crippen LogP contribution is -2.41. The first-order valence-electron chi connectivity index (χ1n) is 9.15. The van der Waals surface area contributed by atoms with E-state index in [1.54, 1.807) is 24.1 Å². The van der Waals surface area contributed by atoms with Crippen LogP contribution >= 0.6 is 0 Å². The number of carbonyl (C=O) groups excluding carboxylic acids is 1. The Morgan fingerprint density at radius 3 is 2.67 bits per heavy atom. The van der Waals surface area contributed by atoms with Gasteiger partial charge >= 0.3 is 6.03 Å². The number of aromatic nitrogens is 1. The smallest absolute Gasteiger partial charge is 0.321 e. The monoisotopic (exact) mass is 368 g/mol. The van der Waals surface area contributed by atoms with Crippen molar-refractivity contribution in [3.8, 4) is 0 Å². The predicted molar refractivity (Wildman–Crippen MR) is 104 cm³/mol. The number of piperidine rings is 1. The zero-order valence-electron chi connectivity index (χ0n) is 15.6. The number of carbonyl (C=O) groups is 1. The molecule has 7 heteroatoms. The second-order valence-corrected chi connectivity index (χ2v) is 7.08. The van der Waals surface area contributed by atoms with E-state index in [-0.39, 0.29) is 11.7 Å². The van der Waals surface area contributed by atoms with Gasteiger partial charge in [0, 0.05) is 31.5 Å². The van der Waals surface area contributed by atoms with Crippen molar-refractivity contribution >= 4 is 17.4 Å². The third-order valence-electron chi connectivity index (χ3n) is 5.22. The minimum atomic E-state index is -0.422. The van der Waals surface area contributed by atoms with Gasteiger partial charge < -0.3 is 10.2 Å². The van der Waals surface area contributed by atoms with E-state index in [0.717, 1.165) is 24.8 Å². The van der Waals surface area contributed by atoms with Crippen molar-refractivity contribution in [2.75, 3.05) is 18.4 Å². The Morgan fingerprint density at radius 2 is 2.04 bits per heavy atom. The second-order valence-electron chi connectivity index (χ2n) is 7.08. The Morgan fingerprint density at radius 1 is 1.30 bits per heavy atom. The Bertz CT molecular complexity index is 831. The number of amides is 2. The van der Waals surface area contributed by atoms with Gasteiger partial charge in [-0.1, -0.05) is 12.1 Å². The fourth-order valence-corrected chi connectivity index (χ4v) is 3.60. The molecule has 1 aromatic carbocycles. The van der Waals surface area contributed by atoms with E-state index in [4.69, 9.17) is 0 Å². The highest BCUT2D eigenvalue weighted by Crippen LogP contribution is 2.29. The van der Waals surface area contributed by atoms with Gasteiger partial charge in [0.15, 0.2) is 0 Å². The molecule has 1 aliphatic rings. The van der Waals surface area contributed by atoms with Crippen molar-refractivity contribution in [3.63, 3.8) is 0 Å². The first kappa shape index (κ1) is 18.8. The third-order valence-corrected chi connectivity index (χ3v) is 5.22. The van der Waals surface area contributed by atoms with Crippen LogP contribution < -0.4 is 5.32 Å².